The van der Waals surface area contributed by atoms with E-state index < -0.39 is 5.82 Å². The first-order valence-electron chi connectivity index (χ1n) is 8.06. The normalized spacial score (nSPS) is 10.3. The van der Waals surface area contributed by atoms with Gasteiger partial charge in [0.1, 0.15) is 5.82 Å². The molecule has 5 nitrogen and oxygen atoms in total. The van der Waals surface area contributed by atoms with Gasteiger partial charge in [0, 0.05) is 40.2 Å². The van der Waals surface area contributed by atoms with Crippen molar-refractivity contribution in [1.82, 2.24) is 10.3 Å². The Balaban J connectivity index is 1.66. The van der Waals surface area contributed by atoms with Gasteiger partial charge in [-0.05, 0) is 48.5 Å². The SMILES string of the molecule is O=C(NCc1cc(Br)ccc1F)c1cccc(NC(=O)c2cccnc2)c1. The van der Waals surface area contributed by atoms with Crippen LogP contribution in [-0.4, -0.2) is 16.8 Å². The lowest BCUT2D eigenvalue weighted by Gasteiger charge is -2.09. The van der Waals surface area contributed by atoms with E-state index in [0.717, 1.165) is 4.47 Å². The number of hydrogen-bond donors (Lipinski definition) is 2. The van der Waals surface area contributed by atoms with Gasteiger partial charge in [0.25, 0.3) is 11.8 Å². The van der Waals surface area contributed by atoms with Crippen LogP contribution in [0.3, 0.4) is 0 Å². The second kappa shape index (κ2) is 8.55. The molecule has 0 unspecified atom stereocenters. The molecule has 2 N–H and O–H groups in total. The highest BCUT2D eigenvalue weighted by Crippen LogP contribution is 2.16. The van der Waals surface area contributed by atoms with E-state index in [4.69, 9.17) is 0 Å². The zero-order chi connectivity index (χ0) is 19.2. The molecule has 0 saturated carbocycles. The van der Waals surface area contributed by atoms with Gasteiger partial charge in [0.05, 0.1) is 5.56 Å². The summed E-state index contributed by atoms with van der Waals surface area (Å²) >= 11 is 3.28. The minimum absolute atomic E-state index is 0.0520. The van der Waals surface area contributed by atoms with E-state index >= 15 is 0 Å². The van der Waals surface area contributed by atoms with Crippen LogP contribution in [0.1, 0.15) is 26.3 Å². The van der Waals surface area contributed by atoms with Crippen molar-refractivity contribution in [2.75, 3.05) is 5.32 Å². The molecule has 0 aliphatic rings. The summed E-state index contributed by atoms with van der Waals surface area (Å²) in [5.41, 5.74) is 1.62. The van der Waals surface area contributed by atoms with Crippen molar-refractivity contribution in [3.63, 3.8) is 0 Å². The maximum Gasteiger partial charge on any atom is 0.257 e. The molecule has 0 bridgehead atoms. The van der Waals surface area contributed by atoms with Gasteiger partial charge in [0.15, 0.2) is 0 Å². The number of hydrogen-bond acceptors (Lipinski definition) is 3. The fourth-order valence-corrected chi connectivity index (χ4v) is 2.80. The van der Waals surface area contributed by atoms with Crippen LogP contribution in [0.15, 0.2) is 71.5 Å². The van der Waals surface area contributed by atoms with Crippen molar-refractivity contribution in [3.8, 4) is 0 Å². The van der Waals surface area contributed by atoms with Crippen molar-refractivity contribution in [1.29, 1.82) is 0 Å². The standard InChI is InChI=1S/C20H15BrFN3O2/c21-16-6-7-18(22)15(9-16)12-24-19(26)13-3-1-5-17(10-13)25-20(27)14-4-2-8-23-11-14/h1-11H,12H2,(H,24,26)(H,25,27). The molecule has 1 heterocycles. The third kappa shape index (κ3) is 4.98. The van der Waals surface area contributed by atoms with Gasteiger partial charge < -0.3 is 10.6 Å². The van der Waals surface area contributed by atoms with Crippen LogP contribution in [0.5, 0.6) is 0 Å². The molecule has 0 radical (unpaired) electrons. The van der Waals surface area contributed by atoms with Crippen LogP contribution in [0.25, 0.3) is 0 Å². The van der Waals surface area contributed by atoms with Crippen molar-refractivity contribution in [3.05, 3.63) is 94.0 Å². The van der Waals surface area contributed by atoms with Crippen LogP contribution < -0.4 is 10.6 Å². The number of halogens is 2. The van der Waals surface area contributed by atoms with Crippen LogP contribution in [0, 0.1) is 5.82 Å². The van der Waals surface area contributed by atoms with Crippen LogP contribution >= 0.6 is 15.9 Å². The van der Waals surface area contributed by atoms with Crippen LogP contribution in [-0.2, 0) is 6.54 Å². The Morgan fingerprint density at radius 2 is 1.81 bits per heavy atom. The maximum absolute atomic E-state index is 13.8. The predicted octanol–water partition coefficient (Wildman–Crippen LogP) is 4.17. The molecule has 3 rings (SSSR count). The fourth-order valence-electron chi connectivity index (χ4n) is 2.39. The highest BCUT2D eigenvalue weighted by atomic mass is 79.9. The lowest BCUT2D eigenvalue weighted by atomic mass is 10.1. The molecule has 136 valence electrons. The summed E-state index contributed by atoms with van der Waals surface area (Å²) in [4.78, 5) is 28.4. The first-order chi connectivity index (χ1) is 13.0. The van der Waals surface area contributed by atoms with Gasteiger partial charge in [-0.3, -0.25) is 14.6 Å². The number of anilines is 1. The Hall–Kier alpha value is -3.06. The number of benzene rings is 2. The zero-order valence-corrected chi connectivity index (χ0v) is 15.7. The predicted molar refractivity (Wildman–Crippen MR) is 104 cm³/mol. The van der Waals surface area contributed by atoms with Crippen LogP contribution in [0.4, 0.5) is 10.1 Å². The smallest absolute Gasteiger partial charge is 0.257 e. The third-order valence-electron chi connectivity index (χ3n) is 3.75. The molecule has 2 aromatic carbocycles. The van der Waals surface area contributed by atoms with Gasteiger partial charge in [-0.25, -0.2) is 4.39 Å². The Morgan fingerprint density at radius 1 is 1.00 bits per heavy atom. The molecular formula is C20H15BrFN3O2. The number of aromatic nitrogens is 1. The zero-order valence-electron chi connectivity index (χ0n) is 14.1. The van der Waals surface area contributed by atoms with E-state index in [9.17, 15) is 14.0 Å². The van der Waals surface area contributed by atoms with E-state index in [2.05, 4.69) is 31.5 Å². The first kappa shape index (κ1) is 18.7. The minimum Gasteiger partial charge on any atom is -0.348 e. The Bertz CT molecular complexity index is 980. The second-order valence-electron chi connectivity index (χ2n) is 5.70. The molecule has 1 aromatic heterocycles. The first-order valence-corrected chi connectivity index (χ1v) is 8.86. The third-order valence-corrected chi connectivity index (χ3v) is 4.25. The molecule has 0 saturated heterocycles. The van der Waals surface area contributed by atoms with E-state index in [0.29, 0.717) is 22.4 Å². The van der Waals surface area contributed by atoms with E-state index in [1.165, 1.54) is 12.3 Å². The molecular weight excluding hydrogens is 413 g/mol. The Kier molecular flexibility index (Phi) is 5.93. The monoisotopic (exact) mass is 427 g/mol. The number of carbonyl (C=O) groups excluding carboxylic acids is 2. The fraction of sp³-hybridized carbons (Fsp3) is 0.0500. The molecule has 0 aliphatic carbocycles. The summed E-state index contributed by atoms with van der Waals surface area (Å²) in [6.07, 6.45) is 3.04. The molecule has 3 aromatic rings. The van der Waals surface area contributed by atoms with Crippen molar-refractivity contribution < 1.29 is 14.0 Å². The lowest BCUT2D eigenvalue weighted by Crippen LogP contribution is -2.23. The molecule has 2 amide bonds. The number of nitrogens with zero attached hydrogens (tertiary/aromatic N) is 1. The summed E-state index contributed by atoms with van der Waals surface area (Å²) in [6, 6.07) is 14.4. The summed E-state index contributed by atoms with van der Waals surface area (Å²) in [5.74, 6) is -1.08. The maximum atomic E-state index is 13.8. The molecule has 0 atom stereocenters. The van der Waals surface area contributed by atoms with Gasteiger partial charge in [-0.15, -0.1) is 0 Å². The Labute approximate surface area is 163 Å². The van der Waals surface area contributed by atoms with Crippen molar-refractivity contribution in [2.45, 2.75) is 6.54 Å². The average Bonchev–Trinajstić information content (AvgIpc) is 2.69. The van der Waals surface area contributed by atoms with Crippen LogP contribution in [0.2, 0.25) is 0 Å². The van der Waals surface area contributed by atoms with Crippen molar-refractivity contribution in [2.24, 2.45) is 0 Å². The number of pyridine rings is 1. The van der Waals surface area contributed by atoms with Gasteiger partial charge in [0.2, 0.25) is 0 Å². The lowest BCUT2D eigenvalue weighted by molar-refractivity contribution is 0.0949. The molecule has 0 aliphatic heterocycles. The summed E-state index contributed by atoms with van der Waals surface area (Å²) in [5, 5.41) is 5.39. The molecule has 0 fully saturated rings. The molecule has 0 spiro atoms. The largest absolute Gasteiger partial charge is 0.348 e. The van der Waals surface area contributed by atoms with Gasteiger partial charge >= 0.3 is 0 Å². The number of nitrogens with one attached hydrogen (secondary N) is 2. The number of carbonyl (C=O) groups is 2. The van der Waals surface area contributed by atoms with Gasteiger partial charge in [-0.2, -0.15) is 0 Å². The number of rotatable bonds is 5. The molecule has 7 heteroatoms. The van der Waals surface area contributed by atoms with E-state index in [-0.39, 0.29) is 18.4 Å². The Morgan fingerprint density at radius 3 is 2.59 bits per heavy atom. The summed E-state index contributed by atoms with van der Waals surface area (Å²) in [6.45, 7) is 0.0520. The number of amides is 2. The van der Waals surface area contributed by atoms with Gasteiger partial charge in [-0.1, -0.05) is 22.0 Å². The second-order valence-corrected chi connectivity index (χ2v) is 6.61. The highest BCUT2D eigenvalue weighted by molar-refractivity contribution is 9.10. The summed E-state index contributed by atoms with van der Waals surface area (Å²) in [7, 11) is 0. The summed E-state index contributed by atoms with van der Waals surface area (Å²) < 4.78 is 14.5. The van der Waals surface area contributed by atoms with E-state index in [1.54, 1.807) is 54.7 Å². The average molecular weight is 428 g/mol. The quantitative estimate of drug-likeness (QED) is 0.641. The topological polar surface area (TPSA) is 71.1 Å². The molecule has 27 heavy (non-hydrogen) atoms. The van der Waals surface area contributed by atoms with E-state index in [1.807, 2.05) is 0 Å². The minimum atomic E-state index is -0.393. The van der Waals surface area contributed by atoms with Crippen molar-refractivity contribution >= 4 is 33.4 Å². The highest BCUT2D eigenvalue weighted by Gasteiger charge is 2.10.